The highest BCUT2D eigenvalue weighted by Gasteiger charge is 2.34. The summed E-state index contributed by atoms with van der Waals surface area (Å²) in [6.07, 6.45) is -5.30. The van der Waals surface area contributed by atoms with Gasteiger partial charge in [0.05, 0.1) is 12.5 Å². The number of halogens is 2. The van der Waals surface area contributed by atoms with Crippen LogP contribution < -0.4 is 10.6 Å². The topological polar surface area (TPSA) is 114 Å². The van der Waals surface area contributed by atoms with Crippen molar-refractivity contribution in [1.82, 2.24) is 10.6 Å². The number of rotatable bonds is 9. The third-order valence-electron chi connectivity index (χ3n) is 6.24. The number of amides is 2. The molecule has 2 aliphatic rings. The summed E-state index contributed by atoms with van der Waals surface area (Å²) in [5.74, 6) is -2.30. The molecule has 1 aliphatic heterocycles. The molecule has 3 unspecified atom stereocenters. The van der Waals surface area contributed by atoms with Gasteiger partial charge in [0.1, 0.15) is 18.8 Å². The fourth-order valence-corrected chi connectivity index (χ4v) is 4.56. The van der Waals surface area contributed by atoms with Crippen molar-refractivity contribution in [2.45, 2.75) is 49.9 Å². The molecular formula is C25H26F2N2O6. The van der Waals surface area contributed by atoms with Gasteiger partial charge in [0.25, 0.3) is 6.43 Å². The van der Waals surface area contributed by atoms with Crippen molar-refractivity contribution in [2.24, 2.45) is 0 Å². The summed E-state index contributed by atoms with van der Waals surface area (Å²) in [6, 6.07) is 14.2. The second-order valence-corrected chi connectivity index (χ2v) is 8.58. The van der Waals surface area contributed by atoms with Gasteiger partial charge in [0.2, 0.25) is 5.91 Å². The molecular weight excluding hydrogens is 462 g/mol. The Morgan fingerprint density at radius 2 is 1.66 bits per heavy atom. The number of carboxylic acids is 1. The molecule has 0 spiro atoms. The highest BCUT2D eigenvalue weighted by Crippen LogP contribution is 2.44. The average Bonchev–Trinajstić information content (AvgIpc) is 3.44. The molecule has 0 saturated carbocycles. The number of carbonyl (C=O) groups excluding carboxylic acids is 2. The molecule has 0 radical (unpaired) electrons. The smallest absolute Gasteiger partial charge is 0.407 e. The molecule has 1 saturated heterocycles. The summed E-state index contributed by atoms with van der Waals surface area (Å²) in [6.45, 7) is 0.253. The molecule has 1 aliphatic carbocycles. The van der Waals surface area contributed by atoms with Crippen molar-refractivity contribution in [3.8, 4) is 11.1 Å². The predicted octanol–water partition coefficient (Wildman–Crippen LogP) is 3.30. The molecule has 4 rings (SSSR count). The monoisotopic (exact) mass is 488 g/mol. The van der Waals surface area contributed by atoms with E-state index in [1.165, 1.54) is 0 Å². The van der Waals surface area contributed by atoms with Crippen molar-refractivity contribution in [2.75, 3.05) is 13.2 Å². The zero-order chi connectivity index (χ0) is 24.9. The number of benzene rings is 2. The van der Waals surface area contributed by atoms with Gasteiger partial charge in [-0.3, -0.25) is 9.59 Å². The van der Waals surface area contributed by atoms with Crippen LogP contribution in [0.25, 0.3) is 11.1 Å². The Kier molecular flexibility index (Phi) is 7.60. The van der Waals surface area contributed by atoms with Crippen LogP contribution in [-0.4, -0.2) is 60.9 Å². The maximum atomic E-state index is 13.0. The summed E-state index contributed by atoms with van der Waals surface area (Å²) in [5.41, 5.74) is 4.44. The molecule has 0 bridgehead atoms. The number of carbonyl (C=O) groups is 3. The van der Waals surface area contributed by atoms with Crippen LogP contribution in [0.15, 0.2) is 48.5 Å². The number of ether oxygens (including phenoxy) is 2. The van der Waals surface area contributed by atoms with E-state index in [1.807, 2.05) is 53.8 Å². The first-order chi connectivity index (χ1) is 16.8. The normalized spacial score (nSPS) is 19.6. The Hall–Kier alpha value is -3.53. The van der Waals surface area contributed by atoms with Crippen LogP contribution in [0.4, 0.5) is 13.6 Å². The van der Waals surface area contributed by atoms with E-state index < -0.39 is 49.1 Å². The molecule has 10 heteroatoms. The van der Waals surface area contributed by atoms with E-state index in [-0.39, 0.29) is 25.5 Å². The first-order valence-electron chi connectivity index (χ1n) is 11.4. The van der Waals surface area contributed by atoms with Gasteiger partial charge in [0, 0.05) is 12.5 Å². The van der Waals surface area contributed by atoms with E-state index in [9.17, 15) is 23.2 Å². The summed E-state index contributed by atoms with van der Waals surface area (Å²) in [5, 5.41) is 13.4. The third kappa shape index (κ3) is 5.76. The summed E-state index contributed by atoms with van der Waals surface area (Å²) >= 11 is 0. The minimum atomic E-state index is -3.01. The lowest BCUT2D eigenvalue weighted by molar-refractivity contribution is -0.140. The molecule has 3 N–H and O–H groups in total. The Morgan fingerprint density at radius 1 is 1.03 bits per heavy atom. The number of carboxylic acid groups (broad SMARTS) is 1. The van der Waals surface area contributed by atoms with E-state index in [0.29, 0.717) is 6.42 Å². The zero-order valence-electron chi connectivity index (χ0n) is 18.8. The van der Waals surface area contributed by atoms with Crippen LogP contribution in [0.3, 0.4) is 0 Å². The van der Waals surface area contributed by atoms with E-state index in [2.05, 4.69) is 5.32 Å². The average molecular weight is 488 g/mol. The van der Waals surface area contributed by atoms with Gasteiger partial charge < -0.3 is 25.2 Å². The van der Waals surface area contributed by atoms with Gasteiger partial charge >= 0.3 is 12.1 Å². The number of aliphatic carboxylic acids is 1. The standard InChI is InChI=1S/C25H26F2N2O6/c26-23(27)20(11-22(30)31)29-24(32)21-10-9-14(35-21)12-28-25(33)34-13-19-17-7-3-1-5-15(17)16-6-2-4-8-18(16)19/h1-8,14,19-21,23H,9-13H2,(H,28,33)(H,29,32)(H,30,31). The maximum Gasteiger partial charge on any atom is 0.407 e. The lowest BCUT2D eigenvalue weighted by Gasteiger charge is -2.19. The van der Waals surface area contributed by atoms with E-state index in [0.717, 1.165) is 22.3 Å². The minimum Gasteiger partial charge on any atom is -0.481 e. The molecule has 1 fully saturated rings. The molecule has 186 valence electrons. The molecule has 8 nitrogen and oxygen atoms in total. The highest BCUT2D eigenvalue weighted by molar-refractivity contribution is 5.82. The van der Waals surface area contributed by atoms with Crippen LogP contribution >= 0.6 is 0 Å². The lowest BCUT2D eigenvalue weighted by Crippen LogP contribution is -2.46. The Bertz CT molecular complexity index is 1050. The van der Waals surface area contributed by atoms with Crippen molar-refractivity contribution in [1.29, 1.82) is 0 Å². The second-order valence-electron chi connectivity index (χ2n) is 8.58. The largest absolute Gasteiger partial charge is 0.481 e. The maximum absolute atomic E-state index is 13.0. The number of alkyl halides is 2. The molecule has 3 atom stereocenters. The molecule has 1 heterocycles. The fourth-order valence-electron chi connectivity index (χ4n) is 4.56. The van der Waals surface area contributed by atoms with E-state index >= 15 is 0 Å². The number of fused-ring (bicyclic) bond motifs is 3. The first kappa shape index (κ1) is 24.6. The fraction of sp³-hybridized carbons (Fsp3) is 0.400. The van der Waals surface area contributed by atoms with Crippen LogP contribution in [0.2, 0.25) is 0 Å². The molecule has 2 aromatic carbocycles. The van der Waals surface area contributed by atoms with Crippen molar-refractivity contribution < 1.29 is 37.7 Å². The number of alkyl carbamates (subject to hydrolysis) is 1. The van der Waals surface area contributed by atoms with Gasteiger partial charge in [-0.05, 0) is 35.1 Å². The summed E-state index contributed by atoms with van der Waals surface area (Å²) in [4.78, 5) is 35.2. The van der Waals surface area contributed by atoms with Crippen LogP contribution in [-0.2, 0) is 19.1 Å². The van der Waals surface area contributed by atoms with Crippen LogP contribution in [0.5, 0.6) is 0 Å². The van der Waals surface area contributed by atoms with Crippen molar-refractivity contribution in [3.05, 3.63) is 59.7 Å². The van der Waals surface area contributed by atoms with Crippen molar-refractivity contribution >= 4 is 18.0 Å². The first-order valence-corrected chi connectivity index (χ1v) is 11.4. The SMILES string of the molecule is O=C(O)CC(NC(=O)C1CCC(CNC(=O)OCC2c3ccccc3-c3ccccc32)O1)C(F)F. The van der Waals surface area contributed by atoms with E-state index in [1.54, 1.807) is 0 Å². The number of hydrogen-bond acceptors (Lipinski definition) is 5. The molecule has 0 aromatic heterocycles. The Morgan fingerprint density at radius 3 is 2.26 bits per heavy atom. The highest BCUT2D eigenvalue weighted by atomic mass is 19.3. The molecule has 2 amide bonds. The Labute approximate surface area is 200 Å². The number of hydrogen-bond donors (Lipinski definition) is 3. The molecule has 35 heavy (non-hydrogen) atoms. The predicted molar refractivity (Wildman–Crippen MR) is 121 cm³/mol. The van der Waals surface area contributed by atoms with Gasteiger partial charge in [-0.2, -0.15) is 0 Å². The minimum absolute atomic E-state index is 0.0717. The van der Waals surface area contributed by atoms with Crippen molar-refractivity contribution in [3.63, 3.8) is 0 Å². The zero-order valence-corrected chi connectivity index (χ0v) is 18.8. The van der Waals surface area contributed by atoms with Gasteiger partial charge in [-0.1, -0.05) is 48.5 Å². The summed E-state index contributed by atoms with van der Waals surface area (Å²) in [7, 11) is 0. The van der Waals surface area contributed by atoms with Crippen LogP contribution in [0, 0.1) is 0 Å². The number of nitrogens with one attached hydrogen (secondary N) is 2. The third-order valence-corrected chi connectivity index (χ3v) is 6.24. The lowest BCUT2D eigenvalue weighted by atomic mass is 9.98. The Balaban J connectivity index is 1.24. The molecule has 2 aromatic rings. The summed E-state index contributed by atoms with van der Waals surface area (Å²) < 4.78 is 36.9. The van der Waals surface area contributed by atoms with Gasteiger partial charge in [-0.25, -0.2) is 13.6 Å². The quantitative estimate of drug-likeness (QED) is 0.499. The van der Waals surface area contributed by atoms with Gasteiger partial charge in [-0.15, -0.1) is 0 Å². The van der Waals surface area contributed by atoms with Crippen LogP contribution in [0.1, 0.15) is 36.3 Å². The van der Waals surface area contributed by atoms with E-state index in [4.69, 9.17) is 14.6 Å². The second kappa shape index (κ2) is 10.8. The van der Waals surface area contributed by atoms with Gasteiger partial charge in [0.15, 0.2) is 0 Å².